The van der Waals surface area contributed by atoms with E-state index in [1.807, 2.05) is 17.8 Å². The van der Waals surface area contributed by atoms with Gasteiger partial charge in [-0.05, 0) is 24.8 Å². The third kappa shape index (κ3) is 2.56. The maximum absolute atomic E-state index is 5.94. The maximum atomic E-state index is 5.94. The lowest BCUT2D eigenvalue weighted by atomic mass is 10.0. The molecule has 0 N–H and O–H groups in total. The van der Waals surface area contributed by atoms with E-state index in [0.29, 0.717) is 6.61 Å². The highest BCUT2D eigenvalue weighted by molar-refractivity contribution is 5.38. The van der Waals surface area contributed by atoms with Crippen LogP contribution in [0.2, 0.25) is 0 Å². The van der Waals surface area contributed by atoms with Gasteiger partial charge in [0.2, 0.25) is 5.95 Å². The Kier molecular flexibility index (Phi) is 3.49. The molecule has 2 aliphatic rings. The Labute approximate surface area is 129 Å². The Morgan fingerprint density at radius 3 is 2.82 bits per heavy atom. The Bertz CT molecular complexity index is 639. The van der Waals surface area contributed by atoms with Crippen molar-refractivity contribution in [2.24, 2.45) is 13.0 Å². The molecule has 1 fully saturated rings. The van der Waals surface area contributed by atoms with Gasteiger partial charge in [0.25, 0.3) is 0 Å². The van der Waals surface area contributed by atoms with Gasteiger partial charge in [-0.2, -0.15) is 0 Å². The lowest BCUT2D eigenvalue weighted by Gasteiger charge is -2.34. The molecule has 0 spiro atoms. The number of rotatable bonds is 5. The topological polar surface area (TPSA) is 69.0 Å². The van der Waals surface area contributed by atoms with E-state index in [1.54, 1.807) is 12.4 Å². The summed E-state index contributed by atoms with van der Waals surface area (Å²) in [5.74, 6) is 1.49. The van der Waals surface area contributed by atoms with Crippen LogP contribution in [0.4, 0.5) is 5.95 Å². The van der Waals surface area contributed by atoms with E-state index in [4.69, 9.17) is 4.74 Å². The van der Waals surface area contributed by atoms with E-state index in [-0.39, 0.29) is 6.04 Å². The van der Waals surface area contributed by atoms with Crippen LogP contribution in [-0.4, -0.2) is 44.7 Å². The molecule has 4 rings (SSSR count). The normalized spacial score (nSPS) is 21.0. The second-order valence-electron chi connectivity index (χ2n) is 6.03. The van der Waals surface area contributed by atoms with Crippen molar-refractivity contribution in [3.63, 3.8) is 0 Å². The van der Waals surface area contributed by atoms with Gasteiger partial charge in [0.05, 0.1) is 12.3 Å². The summed E-state index contributed by atoms with van der Waals surface area (Å²) < 4.78 is 7.81. The molecule has 0 bridgehead atoms. The van der Waals surface area contributed by atoms with E-state index < -0.39 is 0 Å². The van der Waals surface area contributed by atoms with E-state index >= 15 is 0 Å². The molecule has 1 unspecified atom stereocenters. The Balaban J connectivity index is 1.59. The number of nitrogens with zero attached hydrogens (tertiary/aromatic N) is 6. The fraction of sp³-hybridized carbons (Fsp3) is 0.600. The smallest absolute Gasteiger partial charge is 0.225 e. The van der Waals surface area contributed by atoms with Crippen molar-refractivity contribution in [2.75, 3.05) is 24.7 Å². The van der Waals surface area contributed by atoms with Gasteiger partial charge >= 0.3 is 0 Å². The molecule has 1 aliphatic heterocycles. The van der Waals surface area contributed by atoms with Crippen LogP contribution >= 0.6 is 0 Å². The average molecular weight is 300 g/mol. The summed E-state index contributed by atoms with van der Waals surface area (Å²) in [6.07, 6.45) is 7.04. The predicted molar refractivity (Wildman–Crippen MR) is 80.4 cm³/mol. The summed E-state index contributed by atoms with van der Waals surface area (Å²) in [6.45, 7) is 2.31. The van der Waals surface area contributed by atoms with Gasteiger partial charge in [-0.25, -0.2) is 9.97 Å². The fourth-order valence-electron chi connectivity index (χ4n) is 2.95. The first-order valence-electron chi connectivity index (χ1n) is 7.83. The van der Waals surface area contributed by atoms with Crippen LogP contribution in [0.5, 0.6) is 0 Å². The number of fused-ring (bicyclic) bond motifs is 1. The Morgan fingerprint density at radius 2 is 2.05 bits per heavy atom. The third-order valence-electron chi connectivity index (χ3n) is 4.39. The molecule has 116 valence electrons. The largest absolute Gasteiger partial charge is 0.379 e. The summed E-state index contributed by atoms with van der Waals surface area (Å²) >= 11 is 0. The molecule has 0 aromatic carbocycles. The SMILES string of the molecule is Cn1nnc2c1CCN(c1ncccn1)C2COCC1CC1. The summed E-state index contributed by atoms with van der Waals surface area (Å²) in [6, 6.07) is 1.87. The molecule has 22 heavy (non-hydrogen) atoms. The molecule has 2 aromatic heterocycles. The molecule has 1 aliphatic carbocycles. The molecule has 1 saturated carbocycles. The molecule has 0 radical (unpaired) electrons. The van der Waals surface area contributed by atoms with Crippen LogP contribution in [0.15, 0.2) is 18.5 Å². The zero-order valence-electron chi connectivity index (χ0n) is 12.7. The monoisotopic (exact) mass is 300 g/mol. The molecule has 0 amide bonds. The highest BCUT2D eigenvalue weighted by atomic mass is 16.5. The number of aryl methyl sites for hydroxylation is 1. The first-order valence-corrected chi connectivity index (χ1v) is 7.83. The average Bonchev–Trinajstić information content (AvgIpc) is 3.30. The number of hydrogen-bond donors (Lipinski definition) is 0. The van der Waals surface area contributed by atoms with Crippen LogP contribution in [0, 0.1) is 5.92 Å². The van der Waals surface area contributed by atoms with Crippen molar-refractivity contribution in [1.82, 2.24) is 25.0 Å². The van der Waals surface area contributed by atoms with Crippen LogP contribution in [0.1, 0.15) is 30.3 Å². The molecule has 2 aromatic rings. The second kappa shape index (κ2) is 5.64. The fourth-order valence-corrected chi connectivity index (χ4v) is 2.95. The first kappa shape index (κ1) is 13.6. The zero-order valence-corrected chi connectivity index (χ0v) is 12.7. The van der Waals surface area contributed by atoms with Crippen molar-refractivity contribution >= 4 is 5.95 Å². The minimum Gasteiger partial charge on any atom is -0.379 e. The van der Waals surface area contributed by atoms with Crippen molar-refractivity contribution < 1.29 is 4.74 Å². The lowest BCUT2D eigenvalue weighted by Crippen LogP contribution is -2.39. The second-order valence-corrected chi connectivity index (χ2v) is 6.03. The Morgan fingerprint density at radius 1 is 1.23 bits per heavy atom. The van der Waals surface area contributed by atoms with Gasteiger partial charge in [0, 0.05) is 39.0 Å². The zero-order chi connectivity index (χ0) is 14.9. The van der Waals surface area contributed by atoms with Crippen LogP contribution < -0.4 is 4.90 Å². The van der Waals surface area contributed by atoms with E-state index in [2.05, 4.69) is 25.2 Å². The van der Waals surface area contributed by atoms with Gasteiger partial charge in [0.15, 0.2) is 0 Å². The molecule has 0 saturated heterocycles. The van der Waals surface area contributed by atoms with Crippen LogP contribution in [-0.2, 0) is 18.2 Å². The molecular formula is C15H20N6O. The molecule has 7 heteroatoms. The van der Waals surface area contributed by atoms with E-state index in [0.717, 1.165) is 37.1 Å². The van der Waals surface area contributed by atoms with Gasteiger partial charge in [-0.3, -0.25) is 4.68 Å². The summed E-state index contributed by atoms with van der Waals surface area (Å²) in [4.78, 5) is 11.0. The van der Waals surface area contributed by atoms with Gasteiger partial charge in [-0.15, -0.1) is 5.10 Å². The van der Waals surface area contributed by atoms with Crippen molar-refractivity contribution in [1.29, 1.82) is 0 Å². The van der Waals surface area contributed by atoms with E-state index in [9.17, 15) is 0 Å². The minimum absolute atomic E-state index is 0.0404. The maximum Gasteiger partial charge on any atom is 0.225 e. The van der Waals surface area contributed by atoms with Gasteiger partial charge in [0.1, 0.15) is 11.7 Å². The van der Waals surface area contributed by atoms with E-state index in [1.165, 1.54) is 18.5 Å². The highest BCUT2D eigenvalue weighted by Crippen LogP contribution is 2.32. The summed E-state index contributed by atoms with van der Waals surface area (Å²) in [7, 11) is 1.95. The number of ether oxygens (including phenoxy) is 1. The van der Waals surface area contributed by atoms with Crippen molar-refractivity contribution in [3.8, 4) is 0 Å². The quantitative estimate of drug-likeness (QED) is 0.824. The molecule has 1 atom stereocenters. The minimum atomic E-state index is 0.0404. The van der Waals surface area contributed by atoms with Gasteiger partial charge < -0.3 is 9.64 Å². The standard InChI is InChI=1S/C15H20N6O/c1-20-12-5-8-21(15-16-6-2-7-17-15)13(14(12)18-19-20)10-22-9-11-3-4-11/h2,6-7,11,13H,3-5,8-10H2,1H3. The van der Waals surface area contributed by atoms with Crippen LogP contribution in [0.3, 0.4) is 0 Å². The van der Waals surface area contributed by atoms with Crippen LogP contribution in [0.25, 0.3) is 0 Å². The lowest BCUT2D eigenvalue weighted by molar-refractivity contribution is 0.107. The third-order valence-corrected chi connectivity index (χ3v) is 4.39. The molecule has 3 heterocycles. The first-order chi connectivity index (χ1) is 10.8. The summed E-state index contributed by atoms with van der Waals surface area (Å²) in [5.41, 5.74) is 2.18. The van der Waals surface area contributed by atoms with Gasteiger partial charge in [-0.1, -0.05) is 5.21 Å². The highest BCUT2D eigenvalue weighted by Gasteiger charge is 2.33. The Hall–Kier alpha value is -2.02. The number of hydrogen-bond acceptors (Lipinski definition) is 6. The predicted octanol–water partition coefficient (Wildman–Crippen LogP) is 1.14. The van der Waals surface area contributed by atoms with Crippen molar-refractivity contribution in [3.05, 3.63) is 29.8 Å². The summed E-state index contributed by atoms with van der Waals surface area (Å²) in [5, 5.41) is 8.54. The van der Waals surface area contributed by atoms with Crippen molar-refractivity contribution in [2.45, 2.75) is 25.3 Å². The number of aromatic nitrogens is 5. The molecular weight excluding hydrogens is 280 g/mol. The number of anilines is 1. The molecule has 7 nitrogen and oxygen atoms in total.